The molecule has 2 N–H and O–H groups in total. The molecule has 0 radical (unpaired) electrons. The van der Waals surface area contributed by atoms with Crippen LogP contribution in [-0.4, -0.2) is 11.7 Å². The van der Waals surface area contributed by atoms with Crippen molar-refractivity contribution in [2.75, 3.05) is 7.11 Å². The molecule has 0 aliphatic carbocycles. The van der Waals surface area contributed by atoms with Gasteiger partial charge in [-0.3, -0.25) is 4.79 Å². The lowest BCUT2D eigenvalue weighted by atomic mass is 10.0. The van der Waals surface area contributed by atoms with Crippen LogP contribution in [-0.2, 0) is 6.54 Å². The van der Waals surface area contributed by atoms with Gasteiger partial charge in [0.05, 0.1) is 13.2 Å². The molecule has 0 fully saturated rings. The minimum atomic E-state index is -0.183. The van der Waals surface area contributed by atoms with Gasteiger partial charge in [0, 0.05) is 36.6 Å². The van der Waals surface area contributed by atoms with Gasteiger partial charge >= 0.3 is 0 Å². The van der Waals surface area contributed by atoms with Crippen molar-refractivity contribution in [2.45, 2.75) is 19.5 Å². The van der Waals surface area contributed by atoms with Crippen LogP contribution in [0.2, 0.25) is 0 Å². The van der Waals surface area contributed by atoms with Crippen LogP contribution >= 0.6 is 0 Å². The summed E-state index contributed by atoms with van der Waals surface area (Å²) in [7, 11) is 1.64. The molecule has 0 spiro atoms. The maximum Gasteiger partial charge on any atom is 0.181 e. The maximum absolute atomic E-state index is 11.1. The first kappa shape index (κ1) is 13.4. The SMILES string of the molecule is COc1ccc(C)cc1C(N)Cn1ccc(=O)cc1. The maximum atomic E-state index is 11.1. The van der Waals surface area contributed by atoms with E-state index in [-0.39, 0.29) is 11.5 Å². The van der Waals surface area contributed by atoms with Gasteiger partial charge < -0.3 is 15.0 Å². The summed E-state index contributed by atoms with van der Waals surface area (Å²) in [6.07, 6.45) is 3.48. The summed E-state index contributed by atoms with van der Waals surface area (Å²) < 4.78 is 7.24. The lowest BCUT2D eigenvalue weighted by Crippen LogP contribution is -2.19. The molecule has 0 saturated carbocycles. The van der Waals surface area contributed by atoms with Crippen molar-refractivity contribution < 1.29 is 4.74 Å². The van der Waals surface area contributed by atoms with E-state index in [1.807, 2.05) is 29.7 Å². The Morgan fingerprint density at radius 1 is 1.26 bits per heavy atom. The number of benzene rings is 1. The number of rotatable bonds is 4. The Hall–Kier alpha value is -2.07. The van der Waals surface area contributed by atoms with Gasteiger partial charge in [-0.05, 0) is 13.0 Å². The van der Waals surface area contributed by atoms with E-state index < -0.39 is 0 Å². The van der Waals surface area contributed by atoms with Gasteiger partial charge in [0.1, 0.15) is 5.75 Å². The van der Waals surface area contributed by atoms with E-state index in [9.17, 15) is 4.79 Å². The van der Waals surface area contributed by atoms with Crippen LogP contribution < -0.4 is 15.9 Å². The van der Waals surface area contributed by atoms with Crippen molar-refractivity contribution in [3.63, 3.8) is 0 Å². The van der Waals surface area contributed by atoms with E-state index in [0.29, 0.717) is 6.54 Å². The average molecular weight is 258 g/mol. The summed E-state index contributed by atoms with van der Waals surface area (Å²) in [5.41, 5.74) is 8.35. The molecule has 0 bridgehead atoms. The van der Waals surface area contributed by atoms with Crippen LogP contribution in [0.5, 0.6) is 5.75 Å². The van der Waals surface area contributed by atoms with E-state index in [0.717, 1.165) is 16.9 Å². The van der Waals surface area contributed by atoms with Crippen molar-refractivity contribution in [1.29, 1.82) is 0 Å². The highest BCUT2D eigenvalue weighted by Crippen LogP contribution is 2.25. The minimum absolute atomic E-state index is 0.00189. The third-order valence-corrected chi connectivity index (χ3v) is 3.05. The van der Waals surface area contributed by atoms with E-state index in [1.54, 1.807) is 19.5 Å². The fourth-order valence-corrected chi connectivity index (χ4v) is 2.03. The van der Waals surface area contributed by atoms with Crippen LogP contribution in [0, 0.1) is 6.92 Å². The fourth-order valence-electron chi connectivity index (χ4n) is 2.03. The number of nitrogens with zero attached hydrogens (tertiary/aromatic N) is 1. The second-order valence-electron chi connectivity index (χ2n) is 4.58. The minimum Gasteiger partial charge on any atom is -0.496 e. The van der Waals surface area contributed by atoms with Crippen molar-refractivity contribution >= 4 is 0 Å². The van der Waals surface area contributed by atoms with Gasteiger partial charge in [-0.15, -0.1) is 0 Å². The number of nitrogens with two attached hydrogens (primary N) is 1. The van der Waals surface area contributed by atoms with Gasteiger partial charge in [-0.2, -0.15) is 0 Å². The van der Waals surface area contributed by atoms with Gasteiger partial charge in [-0.25, -0.2) is 0 Å². The van der Waals surface area contributed by atoms with Crippen LogP contribution in [0.25, 0.3) is 0 Å². The number of hydrogen-bond donors (Lipinski definition) is 1. The largest absolute Gasteiger partial charge is 0.496 e. The van der Waals surface area contributed by atoms with E-state index >= 15 is 0 Å². The Labute approximate surface area is 112 Å². The Morgan fingerprint density at radius 3 is 2.58 bits per heavy atom. The molecule has 1 aromatic heterocycles. The van der Waals surface area contributed by atoms with E-state index in [1.165, 1.54) is 12.1 Å². The molecule has 1 unspecified atom stereocenters. The molecule has 19 heavy (non-hydrogen) atoms. The summed E-state index contributed by atoms with van der Waals surface area (Å²) in [5, 5.41) is 0. The first-order valence-electron chi connectivity index (χ1n) is 6.16. The molecule has 2 aromatic rings. The lowest BCUT2D eigenvalue weighted by molar-refractivity contribution is 0.402. The Bertz CT molecular complexity index is 599. The zero-order valence-corrected chi connectivity index (χ0v) is 11.2. The molecule has 1 aromatic carbocycles. The monoisotopic (exact) mass is 258 g/mol. The first-order valence-corrected chi connectivity index (χ1v) is 6.16. The summed E-state index contributed by atoms with van der Waals surface area (Å²) in [6, 6.07) is 8.83. The third-order valence-electron chi connectivity index (χ3n) is 3.05. The quantitative estimate of drug-likeness (QED) is 0.910. The Kier molecular flexibility index (Phi) is 4.02. The van der Waals surface area contributed by atoms with E-state index in [4.69, 9.17) is 10.5 Å². The number of ether oxygens (including phenoxy) is 1. The topological polar surface area (TPSA) is 57.2 Å². The molecule has 0 saturated heterocycles. The zero-order valence-electron chi connectivity index (χ0n) is 11.2. The number of pyridine rings is 1. The molecule has 4 heteroatoms. The molecule has 100 valence electrons. The molecule has 0 aliphatic heterocycles. The van der Waals surface area contributed by atoms with Crippen molar-refractivity contribution in [3.05, 3.63) is 64.1 Å². The molecule has 0 amide bonds. The van der Waals surface area contributed by atoms with Gasteiger partial charge in [-0.1, -0.05) is 17.7 Å². The van der Waals surface area contributed by atoms with Crippen molar-refractivity contribution in [1.82, 2.24) is 4.57 Å². The highest BCUT2D eigenvalue weighted by Gasteiger charge is 2.12. The van der Waals surface area contributed by atoms with E-state index in [2.05, 4.69) is 0 Å². The molecule has 1 atom stereocenters. The molecule has 4 nitrogen and oxygen atoms in total. The second kappa shape index (κ2) is 5.71. The zero-order chi connectivity index (χ0) is 13.8. The number of aromatic nitrogens is 1. The summed E-state index contributed by atoms with van der Waals surface area (Å²) in [6.45, 7) is 2.62. The highest BCUT2D eigenvalue weighted by atomic mass is 16.5. The molecule has 2 rings (SSSR count). The van der Waals surface area contributed by atoms with Gasteiger partial charge in [0.2, 0.25) is 0 Å². The average Bonchev–Trinajstić information content (AvgIpc) is 2.41. The first-order chi connectivity index (χ1) is 9.10. The smallest absolute Gasteiger partial charge is 0.181 e. The summed E-state index contributed by atoms with van der Waals surface area (Å²) in [5.74, 6) is 0.791. The number of methoxy groups -OCH3 is 1. The van der Waals surface area contributed by atoms with Crippen molar-refractivity contribution in [3.8, 4) is 5.75 Å². The number of aryl methyl sites for hydroxylation is 1. The standard InChI is InChI=1S/C15H18N2O2/c1-11-3-4-15(19-2)13(9-11)14(16)10-17-7-5-12(18)6-8-17/h3-9,14H,10,16H2,1-2H3. The van der Waals surface area contributed by atoms with Gasteiger partial charge in [0.15, 0.2) is 5.43 Å². The van der Waals surface area contributed by atoms with Crippen molar-refractivity contribution in [2.24, 2.45) is 5.73 Å². The number of hydrogen-bond acceptors (Lipinski definition) is 3. The van der Waals surface area contributed by atoms with Gasteiger partial charge in [0.25, 0.3) is 0 Å². The highest BCUT2D eigenvalue weighted by molar-refractivity contribution is 5.38. The Morgan fingerprint density at radius 2 is 1.95 bits per heavy atom. The molecular formula is C15H18N2O2. The summed E-state index contributed by atoms with van der Waals surface area (Å²) >= 11 is 0. The third kappa shape index (κ3) is 3.23. The molecule has 1 heterocycles. The predicted octanol–water partition coefficient (Wildman–Crippen LogP) is 1.87. The van der Waals surface area contributed by atoms with Crippen LogP contribution in [0.1, 0.15) is 17.2 Å². The normalized spacial score (nSPS) is 12.2. The van der Waals surface area contributed by atoms with Crippen LogP contribution in [0.4, 0.5) is 0 Å². The fraction of sp³-hybridized carbons (Fsp3) is 0.267. The van der Waals surface area contributed by atoms with Crippen LogP contribution in [0.15, 0.2) is 47.5 Å². The summed E-state index contributed by atoms with van der Waals surface area (Å²) in [4.78, 5) is 11.1. The lowest BCUT2D eigenvalue weighted by Gasteiger charge is -2.17. The van der Waals surface area contributed by atoms with Crippen LogP contribution in [0.3, 0.4) is 0 Å². The molecule has 0 aliphatic rings. The molecular weight excluding hydrogens is 240 g/mol. The Balaban J connectivity index is 2.24. The second-order valence-corrected chi connectivity index (χ2v) is 4.58. The predicted molar refractivity (Wildman–Crippen MR) is 75.4 cm³/mol.